The summed E-state index contributed by atoms with van der Waals surface area (Å²) in [4.78, 5) is 0. The fraction of sp³-hybridized carbons (Fsp3) is 1.00. The zero-order valence-electron chi connectivity index (χ0n) is 7.80. The molecule has 0 spiro atoms. The molecule has 2 heteroatoms. The highest BCUT2D eigenvalue weighted by Crippen LogP contribution is 2.33. The number of hydrogen-bond donors (Lipinski definition) is 1. The molecule has 1 nitrogen and oxygen atoms in total. The maximum atomic E-state index is 12.7. The Morgan fingerprint density at radius 1 is 1.33 bits per heavy atom. The number of halogens is 1. The number of rotatable bonds is 3. The molecule has 3 atom stereocenters. The van der Waals surface area contributed by atoms with Gasteiger partial charge in [0.2, 0.25) is 0 Å². The van der Waals surface area contributed by atoms with Crippen molar-refractivity contribution in [2.45, 2.75) is 45.2 Å². The Kier molecular flexibility index (Phi) is 3.99. The summed E-state index contributed by atoms with van der Waals surface area (Å²) in [6.07, 6.45) is 4.57. The van der Waals surface area contributed by atoms with Crippen LogP contribution in [0.2, 0.25) is 0 Å². The summed E-state index contributed by atoms with van der Waals surface area (Å²) in [5, 5.41) is 9.05. The van der Waals surface area contributed by atoms with Crippen molar-refractivity contribution >= 4 is 0 Å². The van der Waals surface area contributed by atoms with Crippen LogP contribution in [0.15, 0.2) is 0 Å². The first-order valence-electron chi connectivity index (χ1n) is 4.99. The topological polar surface area (TPSA) is 20.2 Å². The molecule has 0 aliphatic heterocycles. The van der Waals surface area contributed by atoms with Gasteiger partial charge in [0.25, 0.3) is 0 Å². The zero-order chi connectivity index (χ0) is 8.97. The smallest absolute Gasteiger partial charge is 0.0976 e. The highest BCUT2D eigenvalue weighted by Gasteiger charge is 2.25. The lowest BCUT2D eigenvalue weighted by atomic mass is 9.77. The predicted octanol–water partition coefficient (Wildman–Crippen LogP) is 2.53. The Balaban J connectivity index is 2.36. The summed E-state index contributed by atoms with van der Waals surface area (Å²) in [7, 11) is 0. The van der Waals surface area contributed by atoms with Crippen molar-refractivity contribution < 1.29 is 9.50 Å². The minimum Gasteiger partial charge on any atom is -0.396 e. The average Bonchev–Trinajstić information content (AvgIpc) is 2.04. The Morgan fingerprint density at radius 3 is 2.42 bits per heavy atom. The Bertz CT molecular complexity index is 125. The largest absolute Gasteiger partial charge is 0.396 e. The standard InChI is InChI=1S/C10H19FO/c1-8(11)6-9-4-2-3-5-10(9)7-12/h8-10,12H,2-7H2,1H3. The summed E-state index contributed by atoms with van der Waals surface area (Å²) < 4.78 is 12.7. The lowest BCUT2D eigenvalue weighted by Gasteiger charge is -2.30. The van der Waals surface area contributed by atoms with Gasteiger partial charge in [0, 0.05) is 6.61 Å². The van der Waals surface area contributed by atoms with Crippen molar-refractivity contribution in [2.24, 2.45) is 11.8 Å². The fourth-order valence-corrected chi connectivity index (χ4v) is 2.25. The van der Waals surface area contributed by atoms with Crippen molar-refractivity contribution in [1.29, 1.82) is 0 Å². The first kappa shape index (κ1) is 9.97. The molecule has 0 amide bonds. The number of aliphatic hydroxyl groups is 1. The van der Waals surface area contributed by atoms with Gasteiger partial charge in [-0.2, -0.15) is 0 Å². The third-order valence-electron chi connectivity index (χ3n) is 2.93. The van der Waals surface area contributed by atoms with Crippen molar-refractivity contribution in [3.8, 4) is 0 Å². The molecule has 1 aliphatic carbocycles. The fourth-order valence-electron chi connectivity index (χ4n) is 2.25. The Labute approximate surface area is 74.0 Å². The molecule has 0 aromatic carbocycles. The lowest BCUT2D eigenvalue weighted by Crippen LogP contribution is -2.24. The van der Waals surface area contributed by atoms with E-state index in [-0.39, 0.29) is 6.61 Å². The van der Waals surface area contributed by atoms with Gasteiger partial charge in [-0.25, -0.2) is 4.39 Å². The predicted molar refractivity (Wildman–Crippen MR) is 47.7 cm³/mol. The molecule has 1 rings (SSSR count). The summed E-state index contributed by atoms with van der Waals surface area (Å²) in [6, 6.07) is 0. The molecule has 0 heterocycles. The van der Waals surface area contributed by atoms with Crippen LogP contribution < -0.4 is 0 Å². The first-order chi connectivity index (χ1) is 5.74. The van der Waals surface area contributed by atoms with Crippen molar-refractivity contribution in [3.05, 3.63) is 0 Å². The highest BCUT2D eigenvalue weighted by atomic mass is 19.1. The van der Waals surface area contributed by atoms with E-state index in [0.29, 0.717) is 18.3 Å². The van der Waals surface area contributed by atoms with Crippen LogP contribution in [-0.2, 0) is 0 Å². The van der Waals surface area contributed by atoms with Crippen LogP contribution in [0.3, 0.4) is 0 Å². The molecule has 0 radical (unpaired) electrons. The third-order valence-corrected chi connectivity index (χ3v) is 2.93. The zero-order valence-corrected chi connectivity index (χ0v) is 7.80. The van der Waals surface area contributed by atoms with Gasteiger partial charge in [-0.1, -0.05) is 12.8 Å². The molecule has 0 aromatic rings. The van der Waals surface area contributed by atoms with E-state index in [2.05, 4.69) is 0 Å². The summed E-state index contributed by atoms with van der Waals surface area (Å²) >= 11 is 0. The van der Waals surface area contributed by atoms with Crippen LogP contribution in [0.5, 0.6) is 0 Å². The van der Waals surface area contributed by atoms with E-state index < -0.39 is 6.17 Å². The van der Waals surface area contributed by atoms with Gasteiger partial charge in [0.1, 0.15) is 0 Å². The number of aliphatic hydroxyl groups excluding tert-OH is 1. The summed E-state index contributed by atoms with van der Waals surface area (Å²) in [5.74, 6) is 0.806. The quantitative estimate of drug-likeness (QED) is 0.697. The highest BCUT2D eigenvalue weighted by molar-refractivity contribution is 4.76. The van der Waals surface area contributed by atoms with Gasteiger partial charge >= 0.3 is 0 Å². The van der Waals surface area contributed by atoms with Gasteiger partial charge in [0.15, 0.2) is 0 Å². The molecular weight excluding hydrogens is 155 g/mol. The molecule has 72 valence electrons. The van der Waals surface area contributed by atoms with E-state index in [1.807, 2.05) is 0 Å². The number of alkyl halides is 1. The van der Waals surface area contributed by atoms with E-state index in [4.69, 9.17) is 5.11 Å². The van der Waals surface area contributed by atoms with E-state index in [1.165, 1.54) is 12.8 Å². The molecule has 1 saturated carbocycles. The summed E-state index contributed by atoms with van der Waals surface area (Å²) in [5.41, 5.74) is 0. The molecule has 12 heavy (non-hydrogen) atoms. The molecule has 3 unspecified atom stereocenters. The third kappa shape index (κ3) is 2.74. The SMILES string of the molecule is CC(F)CC1CCCCC1CO. The van der Waals surface area contributed by atoms with E-state index in [0.717, 1.165) is 12.8 Å². The van der Waals surface area contributed by atoms with Crippen molar-refractivity contribution in [2.75, 3.05) is 6.61 Å². The van der Waals surface area contributed by atoms with Crippen LogP contribution in [0.4, 0.5) is 4.39 Å². The maximum Gasteiger partial charge on any atom is 0.0976 e. The monoisotopic (exact) mass is 174 g/mol. The second-order valence-corrected chi connectivity index (χ2v) is 4.00. The van der Waals surface area contributed by atoms with Gasteiger partial charge in [-0.15, -0.1) is 0 Å². The van der Waals surface area contributed by atoms with Crippen LogP contribution in [0.1, 0.15) is 39.0 Å². The molecule has 0 saturated heterocycles. The van der Waals surface area contributed by atoms with E-state index in [1.54, 1.807) is 6.92 Å². The van der Waals surface area contributed by atoms with Gasteiger partial charge < -0.3 is 5.11 Å². The van der Waals surface area contributed by atoms with Gasteiger partial charge in [-0.3, -0.25) is 0 Å². The Hall–Kier alpha value is -0.110. The molecule has 1 N–H and O–H groups in total. The van der Waals surface area contributed by atoms with Crippen molar-refractivity contribution in [1.82, 2.24) is 0 Å². The maximum absolute atomic E-state index is 12.7. The molecule has 0 bridgehead atoms. The lowest BCUT2D eigenvalue weighted by molar-refractivity contribution is 0.111. The minimum absolute atomic E-state index is 0.247. The van der Waals surface area contributed by atoms with Gasteiger partial charge in [0.05, 0.1) is 6.17 Å². The molecule has 1 fully saturated rings. The minimum atomic E-state index is -0.706. The summed E-state index contributed by atoms with van der Waals surface area (Å²) in [6.45, 7) is 1.86. The molecule has 1 aliphatic rings. The normalized spacial score (nSPS) is 33.2. The molecular formula is C10H19FO. The average molecular weight is 174 g/mol. The molecule has 0 aromatic heterocycles. The first-order valence-corrected chi connectivity index (χ1v) is 4.99. The number of hydrogen-bond acceptors (Lipinski definition) is 1. The van der Waals surface area contributed by atoms with Crippen LogP contribution in [0, 0.1) is 11.8 Å². The van der Waals surface area contributed by atoms with E-state index in [9.17, 15) is 4.39 Å². The van der Waals surface area contributed by atoms with Crippen LogP contribution >= 0.6 is 0 Å². The second kappa shape index (κ2) is 4.80. The Morgan fingerprint density at radius 2 is 1.92 bits per heavy atom. The van der Waals surface area contributed by atoms with E-state index >= 15 is 0 Å². The second-order valence-electron chi connectivity index (χ2n) is 4.00. The van der Waals surface area contributed by atoms with Gasteiger partial charge in [-0.05, 0) is 38.0 Å². The van der Waals surface area contributed by atoms with Crippen LogP contribution in [-0.4, -0.2) is 17.9 Å². The van der Waals surface area contributed by atoms with Crippen LogP contribution in [0.25, 0.3) is 0 Å². The van der Waals surface area contributed by atoms with Crippen molar-refractivity contribution in [3.63, 3.8) is 0 Å².